The molecule has 1 N–H and O–H groups in total. The number of hydrogen-bond acceptors (Lipinski definition) is 3. The normalized spacial score (nSPS) is 17.4. The number of nitrogens with zero attached hydrogens (tertiary/aromatic N) is 1. The molecule has 2 aromatic rings. The molecule has 1 saturated heterocycles. The molecule has 3 rings (SSSR count). The Morgan fingerprint density at radius 2 is 1.92 bits per heavy atom. The van der Waals surface area contributed by atoms with Crippen molar-refractivity contribution in [2.24, 2.45) is 5.92 Å². The monoisotopic (exact) mass is 355 g/mol. The first-order valence-electron chi connectivity index (χ1n) is 10.3. The summed E-state index contributed by atoms with van der Waals surface area (Å²) in [6.07, 6.45) is 10.7. The molecule has 0 radical (unpaired) electrons. The highest BCUT2D eigenvalue weighted by molar-refractivity contribution is 5.38. The molecule has 0 amide bonds. The van der Waals surface area contributed by atoms with Crippen molar-refractivity contribution in [3.63, 3.8) is 0 Å². The number of furan rings is 1. The van der Waals surface area contributed by atoms with Gasteiger partial charge in [-0.15, -0.1) is 0 Å². The van der Waals surface area contributed by atoms with Crippen molar-refractivity contribution in [2.45, 2.75) is 57.8 Å². The van der Waals surface area contributed by atoms with Gasteiger partial charge in [-0.3, -0.25) is 0 Å². The molecular weight excluding hydrogens is 322 g/mol. The Morgan fingerprint density at radius 1 is 1.12 bits per heavy atom. The third-order valence-electron chi connectivity index (χ3n) is 5.84. The van der Waals surface area contributed by atoms with Crippen LogP contribution in [0.2, 0.25) is 0 Å². The Kier molecular flexibility index (Phi) is 7.19. The molecule has 1 atom stereocenters. The molecule has 1 aliphatic heterocycles. The number of unbranched alkanes of at least 4 members (excludes halogenated alkanes) is 1. The zero-order valence-corrected chi connectivity index (χ0v) is 16.1. The second-order valence-electron chi connectivity index (χ2n) is 7.70. The molecule has 142 valence electrons. The average molecular weight is 356 g/mol. The topological polar surface area (TPSA) is 36.6 Å². The zero-order chi connectivity index (χ0) is 18.2. The van der Waals surface area contributed by atoms with E-state index in [2.05, 4.69) is 11.8 Å². The fourth-order valence-electron chi connectivity index (χ4n) is 4.23. The van der Waals surface area contributed by atoms with Crippen LogP contribution in [0.3, 0.4) is 0 Å². The standard InChI is InChI=1S/C23H33NO2/c1-2-3-8-19-13-16-24(17-14-19)15-6-10-21(23-12-7-18-26-23)20-9-4-5-11-22(20)25/h4-5,7,9,11-12,18-19,21,25H,2-3,6,8,10,13-17H2,1H3. The fourth-order valence-corrected chi connectivity index (χ4v) is 4.23. The van der Waals surface area contributed by atoms with Crippen LogP contribution in [0.4, 0.5) is 0 Å². The van der Waals surface area contributed by atoms with Crippen LogP contribution in [0.25, 0.3) is 0 Å². The van der Waals surface area contributed by atoms with E-state index in [1.54, 1.807) is 12.3 Å². The summed E-state index contributed by atoms with van der Waals surface area (Å²) in [4.78, 5) is 2.62. The number of benzene rings is 1. The number of phenols is 1. The van der Waals surface area contributed by atoms with Crippen LogP contribution in [0, 0.1) is 5.92 Å². The maximum atomic E-state index is 10.3. The summed E-state index contributed by atoms with van der Waals surface area (Å²) in [7, 11) is 0. The van der Waals surface area contributed by atoms with E-state index < -0.39 is 0 Å². The van der Waals surface area contributed by atoms with Gasteiger partial charge >= 0.3 is 0 Å². The number of likely N-dealkylation sites (tertiary alicyclic amines) is 1. The first-order valence-corrected chi connectivity index (χ1v) is 10.3. The lowest BCUT2D eigenvalue weighted by atomic mass is 9.90. The molecule has 0 aliphatic carbocycles. The summed E-state index contributed by atoms with van der Waals surface area (Å²) in [6.45, 7) is 5.92. The van der Waals surface area contributed by atoms with E-state index in [0.29, 0.717) is 5.75 Å². The third-order valence-corrected chi connectivity index (χ3v) is 5.84. The Bertz CT molecular complexity index is 629. The van der Waals surface area contributed by atoms with Gasteiger partial charge in [0.25, 0.3) is 0 Å². The number of hydrogen-bond donors (Lipinski definition) is 1. The predicted molar refractivity (Wildman–Crippen MR) is 107 cm³/mol. The maximum absolute atomic E-state index is 10.3. The third kappa shape index (κ3) is 5.14. The summed E-state index contributed by atoms with van der Waals surface area (Å²) in [5.74, 6) is 2.40. The lowest BCUT2D eigenvalue weighted by Crippen LogP contribution is -2.34. The average Bonchev–Trinajstić information content (AvgIpc) is 3.20. The lowest BCUT2D eigenvalue weighted by Gasteiger charge is -2.32. The van der Waals surface area contributed by atoms with Gasteiger partial charge in [0, 0.05) is 11.5 Å². The molecule has 0 spiro atoms. The summed E-state index contributed by atoms with van der Waals surface area (Å²) in [5.41, 5.74) is 0.973. The first kappa shape index (κ1) is 19.0. The summed E-state index contributed by atoms with van der Waals surface area (Å²) in [5, 5.41) is 10.3. The summed E-state index contributed by atoms with van der Waals surface area (Å²) < 4.78 is 5.67. The van der Waals surface area contributed by atoms with Gasteiger partial charge in [-0.2, -0.15) is 0 Å². The van der Waals surface area contributed by atoms with Crippen molar-refractivity contribution in [1.82, 2.24) is 4.90 Å². The predicted octanol–water partition coefficient (Wildman–Crippen LogP) is 5.80. The van der Waals surface area contributed by atoms with E-state index in [4.69, 9.17) is 4.42 Å². The second kappa shape index (κ2) is 9.82. The van der Waals surface area contributed by atoms with E-state index in [-0.39, 0.29) is 5.92 Å². The summed E-state index contributed by atoms with van der Waals surface area (Å²) >= 11 is 0. The van der Waals surface area contributed by atoms with Crippen molar-refractivity contribution in [3.05, 3.63) is 54.0 Å². The van der Waals surface area contributed by atoms with Crippen LogP contribution >= 0.6 is 0 Å². The molecule has 1 aliphatic rings. The Morgan fingerprint density at radius 3 is 2.62 bits per heavy atom. The minimum absolute atomic E-state index is 0.133. The van der Waals surface area contributed by atoms with Crippen molar-refractivity contribution in [1.29, 1.82) is 0 Å². The Balaban J connectivity index is 1.51. The number of aromatic hydroxyl groups is 1. The van der Waals surface area contributed by atoms with Gasteiger partial charge in [-0.05, 0) is 69.4 Å². The maximum Gasteiger partial charge on any atom is 0.119 e. The lowest BCUT2D eigenvalue weighted by molar-refractivity contribution is 0.174. The van der Waals surface area contributed by atoms with Crippen molar-refractivity contribution >= 4 is 0 Å². The van der Waals surface area contributed by atoms with Crippen molar-refractivity contribution in [2.75, 3.05) is 19.6 Å². The number of para-hydroxylation sites is 1. The van der Waals surface area contributed by atoms with Crippen LogP contribution < -0.4 is 0 Å². The molecule has 3 heteroatoms. The molecule has 2 heterocycles. The van der Waals surface area contributed by atoms with Gasteiger partial charge < -0.3 is 14.4 Å². The zero-order valence-electron chi connectivity index (χ0n) is 16.1. The van der Waals surface area contributed by atoms with Gasteiger partial charge in [-0.1, -0.05) is 44.4 Å². The van der Waals surface area contributed by atoms with Crippen LogP contribution in [0.1, 0.15) is 69.1 Å². The molecule has 1 aromatic heterocycles. The largest absolute Gasteiger partial charge is 0.508 e. The number of rotatable bonds is 9. The number of phenolic OH excluding ortho intramolecular Hbond substituents is 1. The molecule has 3 nitrogen and oxygen atoms in total. The van der Waals surface area contributed by atoms with Gasteiger partial charge in [-0.25, -0.2) is 0 Å². The second-order valence-corrected chi connectivity index (χ2v) is 7.70. The van der Waals surface area contributed by atoms with E-state index in [0.717, 1.165) is 36.6 Å². The quantitative estimate of drug-likeness (QED) is 0.617. The van der Waals surface area contributed by atoms with Gasteiger partial charge in [0.05, 0.1) is 6.26 Å². The molecule has 0 saturated carbocycles. The highest BCUT2D eigenvalue weighted by atomic mass is 16.3. The van der Waals surface area contributed by atoms with Crippen LogP contribution in [-0.2, 0) is 0 Å². The molecule has 1 unspecified atom stereocenters. The van der Waals surface area contributed by atoms with Gasteiger partial charge in [0.15, 0.2) is 0 Å². The summed E-state index contributed by atoms with van der Waals surface area (Å²) in [6, 6.07) is 11.6. The smallest absolute Gasteiger partial charge is 0.119 e. The Hall–Kier alpha value is -1.74. The molecule has 1 aromatic carbocycles. The van der Waals surface area contributed by atoms with E-state index in [9.17, 15) is 5.11 Å². The van der Waals surface area contributed by atoms with Gasteiger partial charge in [0.1, 0.15) is 11.5 Å². The molecule has 0 bridgehead atoms. The highest BCUT2D eigenvalue weighted by Gasteiger charge is 2.22. The van der Waals surface area contributed by atoms with E-state index >= 15 is 0 Å². The molecule has 1 fully saturated rings. The molecule has 26 heavy (non-hydrogen) atoms. The highest BCUT2D eigenvalue weighted by Crippen LogP contribution is 2.35. The Labute approximate surface area is 158 Å². The van der Waals surface area contributed by atoms with Crippen LogP contribution in [-0.4, -0.2) is 29.6 Å². The van der Waals surface area contributed by atoms with Crippen molar-refractivity contribution in [3.8, 4) is 5.75 Å². The fraction of sp³-hybridized carbons (Fsp3) is 0.565. The van der Waals surface area contributed by atoms with E-state index in [1.165, 1.54) is 45.2 Å². The van der Waals surface area contributed by atoms with Crippen molar-refractivity contribution < 1.29 is 9.52 Å². The molecular formula is C23H33NO2. The van der Waals surface area contributed by atoms with Crippen LogP contribution in [0.5, 0.6) is 5.75 Å². The minimum atomic E-state index is 0.133. The SMILES string of the molecule is CCCCC1CCN(CCCC(c2ccco2)c2ccccc2O)CC1. The van der Waals surface area contributed by atoms with E-state index in [1.807, 2.05) is 30.3 Å². The van der Waals surface area contributed by atoms with Crippen LogP contribution in [0.15, 0.2) is 47.1 Å². The number of piperidine rings is 1. The minimum Gasteiger partial charge on any atom is -0.508 e. The first-order chi connectivity index (χ1) is 12.8. The van der Waals surface area contributed by atoms with Gasteiger partial charge in [0.2, 0.25) is 0 Å².